The molecule has 0 radical (unpaired) electrons. The van der Waals surface area contributed by atoms with Gasteiger partial charge in [0.2, 0.25) is 0 Å². The van der Waals surface area contributed by atoms with Crippen LogP contribution in [0.4, 0.5) is 4.79 Å². The van der Waals surface area contributed by atoms with Gasteiger partial charge in [-0.05, 0) is 63.1 Å². The van der Waals surface area contributed by atoms with Crippen molar-refractivity contribution in [2.75, 3.05) is 26.2 Å². The van der Waals surface area contributed by atoms with Crippen LogP contribution >= 0.6 is 0 Å². The molecule has 142 valence electrons. The lowest BCUT2D eigenvalue weighted by atomic mass is 10.1. The average Bonchev–Trinajstić information content (AvgIpc) is 3.15. The van der Waals surface area contributed by atoms with Crippen molar-refractivity contribution >= 4 is 18.1 Å². The highest BCUT2D eigenvalue weighted by Gasteiger charge is 2.32. The molecule has 1 aromatic heterocycles. The van der Waals surface area contributed by atoms with Crippen LogP contribution in [-0.2, 0) is 0 Å². The summed E-state index contributed by atoms with van der Waals surface area (Å²) in [4.78, 5) is 28.3. The molecule has 6 nitrogen and oxygen atoms in total. The SMILES string of the molecule is Cc1cc(C2=CC=CN3CC[C@@H](C3)N(C(=O)N3CCCCC3)C=N2)ccn1. The van der Waals surface area contributed by atoms with Gasteiger partial charge in [0.05, 0.1) is 18.1 Å². The Morgan fingerprint density at radius 1 is 1.19 bits per heavy atom. The smallest absolute Gasteiger partial charge is 0.325 e. The third-order valence-electron chi connectivity index (χ3n) is 5.50. The first-order chi connectivity index (χ1) is 13.2. The minimum absolute atomic E-state index is 0.0973. The molecule has 2 bridgehead atoms. The molecule has 0 saturated carbocycles. The second-order valence-corrected chi connectivity index (χ2v) is 7.50. The Bertz CT molecular complexity index is 779. The second kappa shape index (κ2) is 7.94. The fourth-order valence-electron chi connectivity index (χ4n) is 3.98. The van der Waals surface area contributed by atoms with Crippen LogP contribution in [0.15, 0.2) is 41.7 Å². The van der Waals surface area contributed by atoms with Gasteiger partial charge in [-0.2, -0.15) is 0 Å². The van der Waals surface area contributed by atoms with Gasteiger partial charge in [0.15, 0.2) is 0 Å². The second-order valence-electron chi connectivity index (χ2n) is 7.50. The summed E-state index contributed by atoms with van der Waals surface area (Å²) in [5, 5.41) is 0. The number of carbonyl (C=O) groups is 1. The lowest BCUT2D eigenvalue weighted by molar-refractivity contribution is 0.155. The van der Waals surface area contributed by atoms with Crippen molar-refractivity contribution in [1.29, 1.82) is 0 Å². The molecule has 0 unspecified atom stereocenters. The number of likely N-dealkylation sites (tertiary alicyclic amines) is 1. The van der Waals surface area contributed by atoms with Gasteiger partial charge < -0.3 is 9.80 Å². The Hall–Kier alpha value is -2.63. The van der Waals surface area contributed by atoms with Crippen molar-refractivity contribution in [1.82, 2.24) is 19.7 Å². The molecule has 4 heterocycles. The molecule has 4 rings (SSSR count). The van der Waals surface area contributed by atoms with Gasteiger partial charge in [0.25, 0.3) is 0 Å². The number of piperidine rings is 1. The number of fused-ring (bicyclic) bond motifs is 2. The van der Waals surface area contributed by atoms with Gasteiger partial charge in [-0.3, -0.25) is 9.88 Å². The average molecular weight is 365 g/mol. The van der Waals surface area contributed by atoms with Crippen LogP contribution in [0.25, 0.3) is 5.70 Å². The molecule has 0 N–H and O–H groups in total. The lowest BCUT2D eigenvalue weighted by Gasteiger charge is -2.34. The molecule has 0 spiro atoms. The van der Waals surface area contributed by atoms with Crippen molar-refractivity contribution in [3.63, 3.8) is 0 Å². The van der Waals surface area contributed by atoms with E-state index in [1.54, 1.807) is 12.5 Å². The third kappa shape index (κ3) is 4.04. The van der Waals surface area contributed by atoms with Gasteiger partial charge >= 0.3 is 6.03 Å². The minimum Gasteiger partial charge on any atom is -0.375 e. The number of amides is 2. The van der Waals surface area contributed by atoms with E-state index in [0.29, 0.717) is 0 Å². The van der Waals surface area contributed by atoms with E-state index in [-0.39, 0.29) is 12.1 Å². The zero-order valence-corrected chi connectivity index (χ0v) is 15.9. The molecular weight excluding hydrogens is 338 g/mol. The maximum atomic E-state index is 13.2. The predicted molar refractivity (Wildman–Crippen MR) is 107 cm³/mol. The van der Waals surface area contributed by atoms with E-state index in [2.05, 4.69) is 16.1 Å². The Balaban J connectivity index is 1.65. The zero-order chi connectivity index (χ0) is 18.6. The Morgan fingerprint density at radius 3 is 2.85 bits per heavy atom. The van der Waals surface area contributed by atoms with Gasteiger partial charge in [0, 0.05) is 43.6 Å². The van der Waals surface area contributed by atoms with Crippen LogP contribution in [0, 0.1) is 6.92 Å². The number of urea groups is 1. The number of hydrogen-bond donors (Lipinski definition) is 0. The molecule has 2 fully saturated rings. The van der Waals surface area contributed by atoms with Gasteiger partial charge in [0.1, 0.15) is 0 Å². The summed E-state index contributed by atoms with van der Waals surface area (Å²) in [6.07, 6.45) is 14.1. The molecule has 1 atom stereocenters. The summed E-state index contributed by atoms with van der Waals surface area (Å²) in [5.74, 6) is 0. The van der Waals surface area contributed by atoms with Crippen LogP contribution in [-0.4, -0.2) is 64.3 Å². The number of carbonyl (C=O) groups excluding carboxylic acids is 1. The number of aryl methyl sites for hydroxylation is 1. The molecule has 0 aromatic carbocycles. The van der Waals surface area contributed by atoms with E-state index in [1.807, 2.05) is 41.0 Å². The number of hydrogen-bond acceptors (Lipinski definition) is 4. The van der Waals surface area contributed by atoms with Crippen molar-refractivity contribution in [2.45, 2.75) is 38.6 Å². The zero-order valence-electron chi connectivity index (χ0n) is 15.9. The van der Waals surface area contributed by atoms with Crippen LogP contribution in [0.1, 0.15) is 36.9 Å². The van der Waals surface area contributed by atoms with E-state index in [4.69, 9.17) is 4.99 Å². The van der Waals surface area contributed by atoms with Crippen LogP contribution < -0.4 is 0 Å². The number of nitrogens with zero attached hydrogens (tertiary/aromatic N) is 5. The van der Waals surface area contributed by atoms with E-state index in [1.165, 1.54) is 6.42 Å². The summed E-state index contributed by atoms with van der Waals surface area (Å²) in [6, 6.07) is 4.25. The summed E-state index contributed by atoms with van der Waals surface area (Å²) < 4.78 is 0. The normalized spacial score (nSPS) is 22.8. The summed E-state index contributed by atoms with van der Waals surface area (Å²) in [6.45, 7) is 5.51. The molecule has 3 aliphatic rings. The molecule has 27 heavy (non-hydrogen) atoms. The Kier molecular flexibility index (Phi) is 5.23. The van der Waals surface area contributed by atoms with Gasteiger partial charge in [-0.15, -0.1) is 0 Å². The van der Waals surface area contributed by atoms with Gasteiger partial charge in [-0.25, -0.2) is 9.79 Å². The standard InChI is InChI=1S/C21H27N5O/c1-17-14-18(7-9-22-17)20-6-5-10-24-13-8-19(15-24)26(16-23-20)21(27)25-11-3-2-4-12-25/h5-7,9-10,14,16,19H,2-4,8,11-13,15H2,1H3/t19-/m0/s1. The highest BCUT2D eigenvalue weighted by molar-refractivity contribution is 5.89. The maximum absolute atomic E-state index is 13.2. The van der Waals surface area contributed by atoms with Gasteiger partial charge in [-0.1, -0.05) is 0 Å². The molecule has 0 aliphatic carbocycles. The van der Waals surface area contributed by atoms with E-state index in [9.17, 15) is 4.79 Å². The van der Waals surface area contributed by atoms with Crippen LogP contribution in [0.2, 0.25) is 0 Å². The fourth-order valence-corrected chi connectivity index (χ4v) is 3.98. The first-order valence-electron chi connectivity index (χ1n) is 9.88. The molecule has 1 aromatic rings. The highest BCUT2D eigenvalue weighted by Crippen LogP contribution is 2.22. The summed E-state index contributed by atoms with van der Waals surface area (Å²) in [5.41, 5.74) is 2.81. The van der Waals surface area contributed by atoms with Crippen LogP contribution in [0.5, 0.6) is 0 Å². The Labute approximate surface area is 160 Å². The molecule has 2 amide bonds. The molecule has 3 aliphatic heterocycles. The van der Waals surface area contributed by atoms with E-state index < -0.39 is 0 Å². The van der Waals surface area contributed by atoms with Crippen molar-refractivity contribution < 1.29 is 4.79 Å². The largest absolute Gasteiger partial charge is 0.375 e. The molecular formula is C21H27N5O. The van der Waals surface area contributed by atoms with E-state index >= 15 is 0 Å². The number of rotatable bonds is 1. The molecule has 2 saturated heterocycles. The maximum Gasteiger partial charge on any atom is 0.325 e. The topological polar surface area (TPSA) is 52.0 Å². The van der Waals surface area contributed by atoms with Crippen molar-refractivity contribution in [2.24, 2.45) is 4.99 Å². The summed E-state index contributed by atoms with van der Waals surface area (Å²) in [7, 11) is 0. The highest BCUT2D eigenvalue weighted by atomic mass is 16.2. The predicted octanol–water partition coefficient (Wildman–Crippen LogP) is 3.27. The lowest BCUT2D eigenvalue weighted by Crippen LogP contribution is -2.49. The summed E-state index contributed by atoms with van der Waals surface area (Å²) >= 11 is 0. The molecule has 6 heteroatoms. The van der Waals surface area contributed by atoms with Crippen molar-refractivity contribution in [3.8, 4) is 0 Å². The third-order valence-corrected chi connectivity index (χ3v) is 5.50. The first kappa shape index (κ1) is 17.8. The number of aromatic nitrogens is 1. The fraction of sp³-hybridized carbons (Fsp3) is 0.476. The minimum atomic E-state index is 0.0973. The number of aliphatic imine (C=N–C) groups is 1. The van der Waals surface area contributed by atoms with Crippen LogP contribution in [0.3, 0.4) is 0 Å². The monoisotopic (exact) mass is 365 g/mol. The van der Waals surface area contributed by atoms with E-state index in [0.717, 1.165) is 62.4 Å². The van der Waals surface area contributed by atoms with Crippen molar-refractivity contribution in [3.05, 3.63) is 47.9 Å². The quantitative estimate of drug-likeness (QED) is 0.767. The number of allylic oxidation sites excluding steroid dienone is 2. The Morgan fingerprint density at radius 2 is 2.04 bits per heavy atom. The first-order valence-corrected chi connectivity index (χ1v) is 9.88. The number of pyridine rings is 1.